The minimum Gasteiger partial charge on any atom is -0.396 e. The molecule has 1 fully saturated rings. The Balaban J connectivity index is 1.55. The van der Waals surface area contributed by atoms with E-state index in [4.69, 9.17) is 15.1 Å². The molecule has 0 bridgehead atoms. The van der Waals surface area contributed by atoms with Crippen LogP contribution in [0.2, 0.25) is 0 Å². The highest BCUT2D eigenvalue weighted by Gasteiger charge is 2.25. The Morgan fingerprint density at radius 2 is 1.96 bits per heavy atom. The fraction of sp³-hybridized carbons (Fsp3) is 0.389. The molecule has 0 saturated carbocycles. The minimum atomic E-state index is -0.794. The van der Waals surface area contributed by atoms with Crippen LogP contribution >= 0.6 is 0 Å². The van der Waals surface area contributed by atoms with Crippen LogP contribution in [0, 0.1) is 5.82 Å². The number of benzene rings is 1. The van der Waals surface area contributed by atoms with Crippen molar-refractivity contribution in [2.24, 2.45) is 5.16 Å². The molecular weight excluding hydrogens is 355 g/mol. The zero-order chi connectivity index (χ0) is 19.2. The monoisotopic (exact) mass is 376 g/mol. The summed E-state index contributed by atoms with van der Waals surface area (Å²) in [6, 6.07) is 4.82. The van der Waals surface area contributed by atoms with Crippen LogP contribution in [0.15, 0.2) is 35.7 Å². The van der Waals surface area contributed by atoms with Gasteiger partial charge in [0.1, 0.15) is 12.4 Å². The van der Waals surface area contributed by atoms with E-state index < -0.39 is 11.9 Å². The zero-order valence-corrected chi connectivity index (χ0v) is 14.6. The molecule has 0 amide bonds. The predicted molar refractivity (Wildman–Crippen MR) is 96.7 cm³/mol. The first-order chi connectivity index (χ1) is 13.1. The van der Waals surface area contributed by atoms with E-state index in [-0.39, 0.29) is 25.4 Å². The molecule has 2 heterocycles. The normalized spacial score (nSPS) is 14.7. The smallest absolute Gasteiger partial charge is 0.225 e. The van der Waals surface area contributed by atoms with E-state index in [2.05, 4.69) is 15.1 Å². The number of hydrogen-bond acceptors (Lipinski definition) is 8. The molecular formula is C18H21FN4O4. The average Bonchev–Trinajstić information content (AvgIpc) is 2.66. The highest BCUT2D eigenvalue weighted by Crippen LogP contribution is 2.25. The van der Waals surface area contributed by atoms with Gasteiger partial charge in [0, 0.05) is 35.5 Å². The van der Waals surface area contributed by atoms with Crippen LogP contribution in [0.3, 0.4) is 0 Å². The first-order valence-corrected chi connectivity index (χ1v) is 8.54. The second-order valence-electron chi connectivity index (χ2n) is 6.18. The first-order valence-electron chi connectivity index (χ1n) is 8.54. The van der Waals surface area contributed by atoms with Gasteiger partial charge < -0.3 is 25.1 Å². The van der Waals surface area contributed by atoms with Gasteiger partial charge in [0.2, 0.25) is 5.95 Å². The van der Waals surface area contributed by atoms with Crippen LogP contribution in [-0.2, 0) is 11.4 Å². The molecule has 0 aliphatic carbocycles. The van der Waals surface area contributed by atoms with E-state index in [0.29, 0.717) is 36.6 Å². The molecule has 1 saturated heterocycles. The molecule has 144 valence electrons. The maximum atomic E-state index is 14.3. The van der Waals surface area contributed by atoms with Gasteiger partial charge in [0.05, 0.1) is 38.1 Å². The van der Waals surface area contributed by atoms with E-state index in [1.54, 1.807) is 24.5 Å². The third-order valence-corrected chi connectivity index (χ3v) is 4.17. The number of rotatable bonds is 8. The lowest BCUT2D eigenvalue weighted by Gasteiger charge is -2.31. The molecule has 1 aromatic carbocycles. The molecule has 0 spiro atoms. The van der Waals surface area contributed by atoms with Crippen molar-refractivity contribution >= 4 is 11.7 Å². The largest absolute Gasteiger partial charge is 0.396 e. The van der Waals surface area contributed by atoms with E-state index in [0.717, 1.165) is 5.71 Å². The van der Waals surface area contributed by atoms with E-state index in [1.807, 2.05) is 4.90 Å². The van der Waals surface area contributed by atoms with Gasteiger partial charge in [-0.15, -0.1) is 0 Å². The molecule has 9 heteroatoms. The molecule has 0 radical (unpaired) electrons. The topological polar surface area (TPSA) is 111 Å². The van der Waals surface area contributed by atoms with E-state index >= 15 is 0 Å². The molecule has 1 aliphatic rings. The van der Waals surface area contributed by atoms with Crippen molar-refractivity contribution in [2.45, 2.75) is 19.1 Å². The van der Waals surface area contributed by atoms with Crippen molar-refractivity contribution in [3.05, 3.63) is 42.0 Å². The number of aromatic nitrogens is 2. The van der Waals surface area contributed by atoms with Gasteiger partial charge >= 0.3 is 0 Å². The summed E-state index contributed by atoms with van der Waals surface area (Å²) >= 11 is 0. The van der Waals surface area contributed by atoms with Gasteiger partial charge in [0.25, 0.3) is 0 Å². The Morgan fingerprint density at radius 1 is 1.22 bits per heavy atom. The molecule has 8 nitrogen and oxygen atoms in total. The van der Waals surface area contributed by atoms with Crippen molar-refractivity contribution in [1.29, 1.82) is 0 Å². The van der Waals surface area contributed by atoms with Gasteiger partial charge in [-0.3, -0.25) is 0 Å². The summed E-state index contributed by atoms with van der Waals surface area (Å²) in [7, 11) is 0. The Hall–Kier alpha value is -2.62. The van der Waals surface area contributed by atoms with Crippen LogP contribution < -0.4 is 4.90 Å². The van der Waals surface area contributed by atoms with Crippen LogP contribution in [0.25, 0.3) is 11.1 Å². The zero-order valence-electron chi connectivity index (χ0n) is 14.6. The van der Waals surface area contributed by atoms with Crippen molar-refractivity contribution in [3.63, 3.8) is 0 Å². The van der Waals surface area contributed by atoms with Crippen molar-refractivity contribution in [1.82, 2.24) is 9.97 Å². The summed E-state index contributed by atoms with van der Waals surface area (Å²) in [5.41, 5.74) is 1.93. The van der Waals surface area contributed by atoms with Gasteiger partial charge in [0.15, 0.2) is 0 Å². The second-order valence-corrected chi connectivity index (χ2v) is 6.18. The standard InChI is InChI=1S/C18H21FN4O4/c19-17-12(10-24)2-1-3-16(17)13-6-20-18(21-7-13)23-8-14(9-23)22-27-5-4-15(26)11-25/h1-3,6-7,15,24-26H,4-5,8-11H2. The molecule has 1 atom stereocenters. The molecule has 3 N–H and O–H groups in total. The average molecular weight is 376 g/mol. The lowest BCUT2D eigenvalue weighted by atomic mass is 10.1. The van der Waals surface area contributed by atoms with E-state index in [9.17, 15) is 9.50 Å². The van der Waals surface area contributed by atoms with Crippen LogP contribution in [0.5, 0.6) is 0 Å². The molecule has 1 unspecified atom stereocenters. The molecule has 2 aromatic rings. The number of aliphatic hydroxyl groups excluding tert-OH is 3. The summed E-state index contributed by atoms with van der Waals surface area (Å²) in [4.78, 5) is 15.5. The highest BCUT2D eigenvalue weighted by atomic mass is 19.1. The minimum absolute atomic E-state index is 0.228. The first kappa shape index (κ1) is 19.2. The van der Waals surface area contributed by atoms with Gasteiger partial charge in [-0.2, -0.15) is 0 Å². The molecule has 27 heavy (non-hydrogen) atoms. The van der Waals surface area contributed by atoms with Gasteiger partial charge in [-0.1, -0.05) is 23.4 Å². The molecule has 1 aromatic heterocycles. The van der Waals surface area contributed by atoms with Crippen LogP contribution in [0.1, 0.15) is 12.0 Å². The summed E-state index contributed by atoms with van der Waals surface area (Å²) in [6.07, 6.45) is 2.61. The summed E-state index contributed by atoms with van der Waals surface area (Å²) < 4.78 is 14.3. The predicted octanol–water partition coefficient (Wildman–Crippen LogP) is 0.711. The highest BCUT2D eigenvalue weighted by molar-refractivity contribution is 5.98. The third-order valence-electron chi connectivity index (χ3n) is 4.17. The Bertz CT molecular complexity index is 792. The maximum Gasteiger partial charge on any atom is 0.225 e. The van der Waals surface area contributed by atoms with E-state index in [1.165, 1.54) is 6.07 Å². The fourth-order valence-corrected chi connectivity index (χ4v) is 2.56. The second kappa shape index (κ2) is 8.85. The van der Waals surface area contributed by atoms with Crippen LogP contribution in [-0.4, -0.2) is 63.4 Å². The van der Waals surface area contributed by atoms with Crippen molar-refractivity contribution in [2.75, 3.05) is 31.2 Å². The molecule has 1 aliphatic heterocycles. The van der Waals surface area contributed by atoms with Crippen molar-refractivity contribution < 1.29 is 24.5 Å². The molecule has 3 rings (SSSR count). The Morgan fingerprint density at radius 3 is 2.63 bits per heavy atom. The van der Waals surface area contributed by atoms with Crippen LogP contribution in [0.4, 0.5) is 10.3 Å². The fourth-order valence-electron chi connectivity index (χ4n) is 2.56. The number of nitrogens with zero attached hydrogens (tertiary/aromatic N) is 4. The van der Waals surface area contributed by atoms with Crippen molar-refractivity contribution in [3.8, 4) is 11.1 Å². The Labute approximate surface area is 155 Å². The summed E-state index contributed by atoms with van der Waals surface area (Å²) in [5.74, 6) is 0.0327. The summed E-state index contributed by atoms with van der Waals surface area (Å²) in [5, 5.41) is 31.0. The lowest BCUT2D eigenvalue weighted by molar-refractivity contribution is 0.0501. The summed E-state index contributed by atoms with van der Waals surface area (Å²) in [6.45, 7) is 0.617. The lowest BCUT2D eigenvalue weighted by Crippen LogP contribution is -2.48. The Kier molecular flexibility index (Phi) is 6.28. The SMILES string of the molecule is OCc1cccc(-c2cnc(N3CC(=NOCCC(O)CO)C3)nc2)c1F. The quantitative estimate of drug-likeness (QED) is 0.460. The number of aliphatic hydroxyl groups is 3. The number of hydrogen-bond donors (Lipinski definition) is 3. The third kappa shape index (κ3) is 4.57. The number of halogens is 1. The number of anilines is 1. The van der Waals surface area contributed by atoms with Gasteiger partial charge in [-0.05, 0) is 0 Å². The maximum absolute atomic E-state index is 14.3. The number of oxime groups is 1. The van der Waals surface area contributed by atoms with Gasteiger partial charge in [-0.25, -0.2) is 14.4 Å².